The Labute approximate surface area is 98.1 Å². The molecule has 1 N–H and O–H groups in total. The molecule has 1 rings (SSSR count). The van der Waals surface area contributed by atoms with Gasteiger partial charge in [0.05, 0.1) is 0 Å². The SMILES string of the molecule is CCC(CC)C(Cc1cccc(F)c1)NC. The number of nitrogens with one attached hydrogen (secondary N) is 1. The summed E-state index contributed by atoms with van der Waals surface area (Å²) in [6.07, 6.45) is 3.23. The molecular formula is C14H22FN. The normalized spacial score (nSPS) is 13.1. The molecule has 0 radical (unpaired) electrons. The Bertz CT molecular complexity index is 307. The molecule has 0 spiro atoms. The first-order chi connectivity index (χ1) is 7.71. The predicted octanol–water partition coefficient (Wildman–Crippen LogP) is 3.39. The van der Waals surface area contributed by atoms with Gasteiger partial charge < -0.3 is 5.32 Å². The number of hydrogen-bond acceptors (Lipinski definition) is 1. The Morgan fingerprint density at radius 3 is 2.44 bits per heavy atom. The maximum Gasteiger partial charge on any atom is 0.123 e. The van der Waals surface area contributed by atoms with Gasteiger partial charge in [-0.1, -0.05) is 38.8 Å². The largest absolute Gasteiger partial charge is 0.316 e. The Kier molecular flexibility index (Phi) is 5.47. The second-order valence-electron chi connectivity index (χ2n) is 4.31. The lowest BCUT2D eigenvalue weighted by Gasteiger charge is -2.25. The van der Waals surface area contributed by atoms with Crippen molar-refractivity contribution in [3.05, 3.63) is 35.6 Å². The lowest BCUT2D eigenvalue weighted by Crippen LogP contribution is -2.35. The molecule has 2 heteroatoms. The zero-order valence-electron chi connectivity index (χ0n) is 10.5. The van der Waals surface area contributed by atoms with Gasteiger partial charge in [0.2, 0.25) is 0 Å². The van der Waals surface area contributed by atoms with E-state index < -0.39 is 0 Å². The van der Waals surface area contributed by atoms with Crippen LogP contribution in [0.15, 0.2) is 24.3 Å². The van der Waals surface area contributed by atoms with E-state index in [9.17, 15) is 4.39 Å². The molecule has 0 saturated carbocycles. The summed E-state index contributed by atoms with van der Waals surface area (Å²) in [4.78, 5) is 0. The van der Waals surface area contributed by atoms with Crippen LogP contribution >= 0.6 is 0 Å². The van der Waals surface area contributed by atoms with Crippen molar-refractivity contribution in [2.24, 2.45) is 5.92 Å². The van der Waals surface area contributed by atoms with Gasteiger partial charge in [-0.3, -0.25) is 0 Å². The van der Waals surface area contributed by atoms with E-state index in [0.717, 1.165) is 24.8 Å². The number of halogens is 1. The van der Waals surface area contributed by atoms with Crippen LogP contribution in [0.5, 0.6) is 0 Å². The quantitative estimate of drug-likeness (QED) is 0.779. The topological polar surface area (TPSA) is 12.0 Å². The van der Waals surface area contributed by atoms with Crippen molar-refractivity contribution in [3.8, 4) is 0 Å². The summed E-state index contributed by atoms with van der Waals surface area (Å²) >= 11 is 0. The molecule has 1 atom stereocenters. The number of benzene rings is 1. The average Bonchev–Trinajstić information content (AvgIpc) is 2.29. The molecule has 0 heterocycles. The number of likely N-dealkylation sites (N-methyl/N-ethyl adjacent to an activating group) is 1. The summed E-state index contributed by atoms with van der Waals surface area (Å²) in [6.45, 7) is 4.42. The van der Waals surface area contributed by atoms with Crippen LogP contribution in [-0.2, 0) is 6.42 Å². The fourth-order valence-corrected chi connectivity index (χ4v) is 2.28. The summed E-state index contributed by atoms with van der Waals surface area (Å²) in [6, 6.07) is 7.35. The standard InChI is InChI=1S/C14H22FN/c1-4-12(5-2)14(16-3)10-11-7-6-8-13(15)9-11/h6-9,12,14,16H,4-5,10H2,1-3H3. The summed E-state index contributed by atoms with van der Waals surface area (Å²) in [5, 5.41) is 3.35. The molecule has 1 unspecified atom stereocenters. The fourth-order valence-electron chi connectivity index (χ4n) is 2.28. The lowest BCUT2D eigenvalue weighted by molar-refractivity contribution is 0.349. The number of hydrogen-bond donors (Lipinski definition) is 1. The first kappa shape index (κ1) is 13.2. The van der Waals surface area contributed by atoms with Gasteiger partial charge in [-0.25, -0.2) is 4.39 Å². The van der Waals surface area contributed by atoms with E-state index in [1.165, 1.54) is 6.07 Å². The third-order valence-corrected chi connectivity index (χ3v) is 3.33. The van der Waals surface area contributed by atoms with Gasteiger partial charge in [0, 0.05) is 6.04 Å². The van der Waals surface area contributed by atoms with Crippen molar-refractivity contribution in [2.75, 3.05) is 7.05 Å². The Morgan fingerprint density at radius 1 is 1.25 bits per heavy atom. The van der Waals surface area contributed by atoms with Gasteiger partial charge in [0.15, 0.2) is 0 Å². The fraction of sp³-hybridized carbons (Fsp3) is 0.571. The van der Waals surface area contributed by atoms with Gasteiger partial charge in [-0.2, -0.15) is 0 Å². The second kappa shape index (κ2) is 6.64. The monoisotopic (exact) mass is 223 g/mol. The van der Waals surface area contributed by atoms with Gasteiger partial charge in [0.25, 0.3) is 0 Å². The van der Waals surface area contributed by atoms with Gasteiger partial charge in [0.1, 0.15) is 5.82 Å². The van der Waals surface area contributed by atoms with Crippen LogP contribution < -0.4 is 5.32 Å². The Morgan fingerprint density at radius 2 is 1.94 bits per heavy atom. The van der Waals surface area contributed by atoms with E-state index in [0.29, 0.717) is 12.0 Å². The third-order valence-electron chi connectivity index (χ3n) is 3.33. The van der Waals surface area contributed by atoms with Gasteiger partial charge in [-0.15, -0.1) is 0 Å². The lowest BCUT2D eigenvalue weighted by atomic mass is 9.89. The molecule has 1 nitrogen and oxygen atoms in total. The molecule has 0 amide bonds. The third kappa shape index (κ3) is 3.60. The van der Waals surface area contributed by atoms with Crippen molar-refractivity contribution in [3.63, 3.8) is 0 Å². The summed E-state index contributed by atoms with van der Waals surface area (Å²) in [7, 11) is 1.99. The molecule has 16 heavy (non-hydrogen) atoms. The first-order valence-electron chi connectivity index (χ1n) is 6.12. The molecule has 0 aliphatic heterocycles. The maximum absolute atomic E-state index is 13.1. The zero-order chi connectivity index (χ0) is 12.0. The van der Waals surface area contributed by atoms with E-state index in [4.69, 9.17) is 0 Å². The Balaban J connectivity index is 2.69. The highest BCUT2D eigenvalue weighted by atomic mass is 19.1. The van der Waals surface area contributed by atoms with E-state index in [2.05, 4.69) is 19.2 Å². The maximum atomic E-state index is 13.1. The van der Waals surface area contributed by atoms with Crippen LogP contribution in [0.2, 0.25) is 0 Å². The van der Waals surface area contributed by atoms with Crippen LogP contribution in [0.3, 0.4) is 0 Å². The molecule has 90 valence electrons. The summed E-state index contributed by atoms with van der Waals surface area (Å²) in [5.74, 6) is 0.519. The van der Waals surface area contributed by atoms with Crippen molar-refractivity contribution >= 4 is 0 Å². The minimum atomic E-state index is -0.142. The molecule has 0 aliphatic carbocycles. The first-order valence-corrected chi connectivity index (χ1v) is 6.12. The predicted molar refractivity (Wildman–Crippen MR) is 67.0 cm³/mol. The highest BCUT2D eigenvalue weighted by Crippen LogP contribution is 2.17. The molecule has 0 fully saturated rings. The zero-order valence-corrected chi connectivity index (χ0v) is 10.5. The average molecular weight is 223 g/mol. The Hall–Kier alpha value is -0.890. The minimum absolute atomic E-state index is 0.142. The number of rotatable bonds is 6. The van der Waals surface area contributed by atoms with Gasteiger partial charge >= 0.3 is 0 Å². The van der Waals surface area contributed by atoms with E-state index in [-0.39, 0.29) is 5.82 Å². The van der Waals surface area contributed by atoms with Crippen LogP contribution in [0.1, 0.15) is 32.3 Å². The highest BCUT2D eigenvalue weighted by Gasteiger charge is 2.16. The van der Waals surface area contributed by atoms with E-state index >= 15 is 0 Å². The molecule has 1 aromatic rings. The van der Waals surface area contributed by atoms with Crippen molar-refractivity contribution in [1.29, 1.82) is 0 Å². The second-order valence-corrected chi connectivity index (χ2v) is 4.31. The van der Waals surface area contributed by atoms with Crippen molar-refractivity contribution in [1.82, 2.24) is 5.32 Å². The van der Waals surface area contributed by atoms with Crippen LogP contribution in [0.25, 0.3) is 0 Å². The van der Waals surface area contributed by atoms with Gasteiger partial charge in [-0.05, 0) is 37.1 Å². The van der Waals surface area contributed by atoms with Crippen LogP contribution in [-0.4, -0.2) is 13.1 Å². The van der Waals surface area contributed by atoms with E-state index in [1.54, 1.807) is 12.1 Å². The van der Waals surface area contributed by atoms with Crippen LogP contribution in [0.4, 0.5) is 4.39 Å². The smallest absolute Gasteiger partial charge is 0.123 e. The molecular weight excluding hydrogens is 201 g/mol. The molecule has 0 bridgehead atoms. The summed E-state index contributed by atoms with van der Waals surface area (Å²) in [5.41, 5.74) is 1.08. The van der Waals surface area contributed by atoms with Crippen molar-refractivity contribution in [2.45, 2.75) is 39.2 Å². The molecule has 0 aromatic heterocycles. The van der Waals surface area contributed by atoms with Crippen molar-refractivity contribution < 1.29 is 4.39 Å². The van der Waals surface area contributed by atoms with Crippen LogP contribution in [0, 0.1) is 11.7 Å². The minimum Gasteiger partial charge on any atom is -0.316 e. The molecule has 1 aromatic carbocycles. The molecule has 0 saturated heterocycles. The molecule has 0 aliphatic rings. The highest BCUT2D eigenvalue weighted by molar-refractivity contribution is 5.17. The van der Waals surface area contributed by atoms with E-state index in [1.807, 2.05) is 13.1 Å². The summed E-state index contributed by atoms with van der Waals surface area (Å²) < 4.78 is 13.1.